The fraction of sp³-hybridized carbons (Fsp3) is 0.118. The van der Waals surface area contributed by atoms with Gasteiger partial charge in [-0.2, -0.15) is 0 Å². The summed E-state index contributed by atoms with van der Waals surface area (Å²) in [6.45, 7) is 3.81. The Balaban J connectivity index is 2.29. The maximum atomic E-state index is 11.4. The van der Waals surface area contributed by atoms with Gasteiger partial charge in [0.25, 0.3) is 0 Å². The minimum Gasteiger partial charge on any atom is -0.478 e. The summed E-state index contributed by atoms with van der Waals surface area (Å²) in [4.78, 5) is 11.4. The number of nitrogens with zero attached hydrogens (tertiary/aromatic N) is 1. The van der Waals surface area contributed by atoms with E-state index in [-0.39, 0.29) is 5.56 Å². The van der Waals surface area contributed by atoms with Crippen LogP contribution in [-0.4, -0.2) is 15.6 Å². The molecule has 0 saturated heterocycles. The van der Waals surface area contributed by atoms with E-state index in [0.717, 1.165) is 16.9 Å². The van der Waals surface area contributed by atoms with E-state index in [2.05, 4.69) is 0 Å². The molecule has 0 radical (unpaired) electrons. The summed E-state index contributed by atoms with van der Waals surface area (Å²) in [5.74, 6) is -0.293. The van der Waals surface area contributed by atoms with Gasteiger partial charge in [0.1, 0.15) is 0 Å². The van der Waals surface area contributed by atoms with Gasteiger partial charge < -0.3 is 14.1 Å². The van der Waals surface area contributed by atoms with Crippen molar-refractivity contribution in [3.63, 3.8) is 0 Å². The number of carboxylic acids is 1. The van der Waals surface area contributed by atoms with Crippen molar-refractivity contribution in [2.75, 3.05) is 0 Å². The van der Waals surface area contributed by atoms with Crippen LogP contribution in [0.4, 0.5) is 0 Å². The number of hydrogen-bond acceptors (Lipinski definition) is 2. The van der Waals surface area contributed by atoms with Crippen molar-refractivity contribution >= 4 is 5.97 Å². The summed E-state index contributed by atoms with van der Waals surface area (Å²) >= 11 is 0. The Morgan fingerprint density at radius 2 is 1.95 bits per heavy atom. The molecule has 0 spiro atoms. The topological polar surface area (TPSA) is 55.4 Å². The lowest BCUT2D eigenvalue weighted by Gasteiger charge is -2.11. The Morgan fingerprint density at radius 1 is 1.14 bits per heavy atom. The maximum absolute atomic E-state index is 11.4. The van der Waals surface area contributed by atoms with Gasteiger partial charge in [-0.3, -0.25) is 0 Å². The Morgan fingerprint density at radius 3 is 2.57 bits per heavy atom. The van der Waals surface area contributed by atoms with E-state index in [1.807, 2.05) is 41.8 Å². The molecule has 0 atom stereocenters. The number of aryl methyl sites for hydroxylation is 1. The predicted octanol–water partition coefficient (Wildman–Crippen LogP) is 4.05. The number of aromatic carboxylic acids is 1. The van der Waals surface area contributed by atoms with Crippen molar-refractivity contribution in [2.45, 2.75) is 13.8 Å². The molecule has 0 fully saturated rings. The molecule has 3 aromatic rings. The smallest absolute Gasteiger partial charge is 0.337 e. The van der Waals surface area contributed by atoms with Crippen molar-refractivity contribution in [2.24, 2.45) is 0 Å². The molecule has 0 amide bonds. The monoisotopic (exact) mass is 281 g/mol. The van der Waals surface area contributed by atoms with Crippen LogP contribution in [0.25, 0.3) is 17.1 Å². The molecular weight excluding hydrogens is 266 g/mol. The van der Waals surface area contributed by atoms with E-state index in [0.29, 0.717) is 11.5 Å². The molecule has 2 aromatic heterocycles. The standard InChI is InChI=1S/C17H15NO3/c1-11-5-3-6-13(9-11)18-12(2)14(17(19)20)10-15(18)16-7-4-8-21-16/h3-10H,1-2H3,(H,19,20). The quantitative estimate of drug-likeness (QED) is 0.787. The van der Waals surface area contributed by atoms with Crippen LogP contribution in [0.15, 0.2) is 53.1 Å². The molecule has 0 unspecified atom stereocenters. The van der Waals surface area contributed by atoms with Crippen LogP contribution >= 0.6 is 0 Å². The van der Waals surface area contributed by atoms with Crippen LogP contribution in [0.3, 0.4) is 0 Å². The van der Waals surface area contributed by atoms with Crippen molar-refractivity contribution in [3.8, 4) is 17.1 Å². The van der Waals surface area contributed by atoms with Crippen LogP contribution in [0.2, 0.25) is 0 Å². The Bertz CT molecular complexity index is 798. The van der Waals surface area contributed by atoms with Crippen molar-refractivity contribution in [3.05, 3.63) is 65.5 Å². The minimum atomic E-state index is -0.938. The van der Waals surface area contributed by atoms with Gasteiger partial charge in [-0.1, -0.05) is 12.1 Å². The third kappa shape index (κ3) is 2.25. The molecule has 4 heteroatoms. The molecule has 0 aliphatic carbocycles. The molecule has 0 aliphatic rings. The highest BCUT2D eigenvalue weighted by molar-refractivity contribution is 5.91. The zero-order valence-corrected chi connectivity index (χ0v) is 11.8. The number of aromatic nitrogens is 1. The van der Waals surface area contributed by atoms with Crippen molar-refractivity contribution in [1.29, 1.82) is 0 Å². The highest BCUT2D eigenvalue weighted by Gasteiger charge is 2.20. The Labute approximate surface area is 122 Å². The SMILES string of the molecule is Cc1cccc(-n2c(-c3ccco3)cc(C(=O)O)c2C)c1. The zero-order valence-electron chi connectivity index (χ0n) is 11.8. The molecule has 2 heterocycles. The van der Waals surface area contributed by atoms with E-state index < -0.39 is 5.97 Å². The lowest BCUT2D eigenvalue weighted by Crippen LogP contribution is -2.02. The summed E-state index contributed by atoms with van der Waals surface area (Å²) in [6.07, 6.45) is 1.58. The molecule has 4 nitrogen and oxygen atoms in total. The zero-order chi connectivity index (χ0) is 15.0. The summed E-state index contributed by atoms with van der Waals surface area (Å²) in [6, 6.07) is 13.2. The lowest BCUT2D eigenvalue weighted by atomic mass is 10.2. The first-order chi connectivity index (χ1) is 10.1. The summed E-state index contributed by atoms with van der Waals surface area (Å²) in [5.41, 5.74) is 3.73. The normalized spacial score (nSPS) is 10.8. The molecule has 106 valence electrons. The fourth-order valence-electron chi connectivity index (χ4n) is 2.53. The summed E-state index contributed by atoms with van der Waals surface area (Å²) in [7, 11) is 0. The van der Waals surface area contributed by atoms with Crippen LogP contribution in [0, 0.1) is 13.8 Å². The van der Waals surface area contributed by atoms with E-state index >= 15 is 0 Å². The van der Waals surface area contributed by atoms with Crippen LogP contribution in [0.5, 0.6) is 0 Å². The third-order valence-electron chi connectivity index (χ3n) is 3.51. The number of furan rings is 1. The molecule has 21 heavy (non-hydrogen) atoms. The molecule has 0 aliphatic heterocycles. The van der Waals surface area contributed by atoms with Crippen molar-refractivity contribution in [1.82, 2.24) is 4.57 Å². The first kappa shape index (κ1) is 13.2. The number of benzene rings is 1. The van der Waals surface area contributed by atoms with E-state index in [4.69, 9.17) is 4.42 Å². The van der Waals surface area contributed by atoms with Gasteiger partial charge in [-0.15, -0.1) is 0 Å². The lowest BCUT2D eigenvalue weighted by molar-refractivity contribution is 0.0696. The molecule has 0 bridgehead atoms. The average Bonchev–Trinajstić information content (AvgIpc) is 3.05. The maximum Gasteiger partial charge on any atom is 0.337 e. The minimum absolute atomic E-state index is 0.280. The summed E-state index contributed by atoms with van der Waals surface area (Å²) in [5, 5.41) is 9.36. The van der Waals surface area contributed by atoms with Crippen LogP contribution in [-0.2, 0) is 0 Å². The number of hydrogen-bond donors (Lipinski definition) is 1. The number of rotatable bonds is 3. The van der Waals surface area contributed by atoms with Gasteiger partial charge in [0, 0.05) is 11.4 Å². The van der Waals surface area contributed by atoms with E-state index in [1.165, 1.54) is 0 Å². The number of carbonyl (C=O) groups is 1. The molecule has 1 N–H and O–H groups in total. The Kier molecular flexibility index (Phi) is 3.14. The Hall–Kier alpha value is -2.75. The van der Waals surface area contributed by atoms with Gasteiger partial charge in [0.2, 0.25) is 0 Å². The highest BCUT2D eigenvalue weighted by atomic mass is 16.4. The average molecular weight is 281 g/mol. The first-order valence-electron chi connectivity index (χ1n) is 6.64. The van der Waals surface area contributed by atoms with Gasteiger partial charge >= 0.3 is 5.97 Å². The largest absolute Gasteiger partial charge is 0.478 e. The highest BCUT2D eigenvalue weighted by Crippen LogP contribution is 2.30. The summed E-state index contributed by atoms with van der Waals surface area (Å²) < 4.78 is 7.36. The first-order valence-corrected chi connectivity index (χ1v) is 6.64. The van der Waals surface area contributed by atoms with E-state index in [1.54, 1.807) is 25.3 Å². The second-order valence-electron chi connectivity index (χ2n) is 4.99. The molecular formula is C17H15NO3. The number of carboxylic acid groups (broad SMARTS) is 1. The van der Waals surface area contributed by atoms with E-state index in [9.17, 15) is 9.90 Å². The molecule has 0 saturated carbocycles. The van der Waals surface area contributed by atoms with Gasteiger partial charge in [0.05, 0.1) is 17.5 Å². The molecule has 1 aromatic carbocycles. The molecule has 3 rings (SSSR count). The third-order valence-corrected chi connectivity index (χ3v) is 3.51. The van der Waals surface area contributed by atoms with Crippen LogP contribution in [0.1, 0.15) is 21.6 Å². The van der Waals surface area contributed by atoms with Gasteiger partial charge in [-0.25, -0.2) is 4.79 Å². The van der Waals surface area contributed by atoms with Gasteiger partial charge in [-0.05, 0) is 49.7 Å². The fourth-order valence-corrected chi connectivity index (χ4v) is 2.53. The second kappa shape index (κ2) is 4.98. The van der Waals surface area contributed by atoms with Gasteiger partial charge in [0.15, 0.2) is 5.76 Å². The second-order valence-corrected chi connectivity index (χ2v) is 4.99. The predicted molar refractivity (Wildman–Crippen MR) is 79.9 cm³/mol. The van der Waals surface area contributed by atoms with Crippen molar-refractivity contribution < 1.29 is 14.3 Å². The van der Waals surface area contributed by atoms with Crippen LogP contribution < -0.4 is 0 Å².